The molecular formula is C21H19ClN4O4S. The van der Waals surface area contributed by atoms with E-state index in [-0.39, 0.29) is 22.2 Å². The minimum atomic E-state index is -0.858. The number of non-ortho nitro benzene ring substituents is 1. The molecule has 2 aromatic carbocycles. The van der Waals surface area contributed by atoms with Crippen LogP contribution in [0.1, 0.15) is 24.2 Å². The lowest BCUT2D eigenvalue weighted by atomic mass is 10.0. The van der Waals surface area contributed by atoms with Crippen molar-refractivity contribution in [3.63, 3.8) is 0 Å². The lowest BCUT2D eigenvalue weighted by Crippen LogP contribution is -2.47. The molecule has 8 nitrogen and oxygen atoms in total. The third-order valence-electron chi connectivity index (χ3n) is 4.45. The van der Waals surface area contributed by atoms with Gasteiger partial charge in [-0.1, -0.05) is 55.8 Å². The lowest BCUT2D eigenvalue weighted by molar-refractivity contribution is -0.384. The van der Waals surface area contributed by atoms with Gasteiger partial charge in [0.05, 0.1) is 21.2 Å². The highest BCUT2D eigenvalue weighted by molar-refractivity contribution is 7.14. The summed E-state index contributed by atoms with van der Waals surface area (Å²) < 4.78 is 0. The van der Waals surface area contributed by atoms with Gasteiger partial charge in [0.1, 0.15) is 6.04 Å². The van der Waals surface area contributed by atoms with Crippen LogP contribution < -0.4 is 10.6 Å². The molecule has 160 valence electrons. The summed E-state index contributed by atoms with van der Waals surface area (Å²) >= 11 is 7.31. The molecule has 10 heteroatoms. The number of carbonyl (C=O) groups is 2. The number of thiazole rings is 1. The molecule has 0 aliphatic heterocycles. The summed E-state index contributed by atoms with van der Waals surface area (Å²) in [4.78, 5) is 40.1. The molecule has 1 heterocycles. The zero-order chi connectivity index (χ0) is 22.5. The van der Waals surface area contributed by atoms with Crippen LogP contribution in [-0.4, -0.2) is 27.8 Å². The molecular weight excluding hydrogens is 440 g/mol. The second-order valence-electron chi connectivity index (χ2n) is 7.01. The fourth-order valence-electron chi connectivity index (χ4n) is 2.81. The van der Waals surface area contributed by atoms with E-state index in [1.54, 1.807) is 13.8 Å². The van der Waals surface area contributed by atoms with Crippen LogP contribution in [0.3, 0.4) is 0 Å². The van der Waals surface area contributed by atoms with Gasteiger partial charge in [0.15, 0.2) is 5.13 Å². The molecule has 31 heavy (non-hydrogen) atoms. The number of nitro benzene ring substituents is 1. The topological polar surface area (TPSA) is 114 Å². The summed E-state index contributed by atoms with van der Waals surface area (Å²) in [5.74, 6) is -1.25. The Morgan fingerprint density at radius 3 is 2.48 bits per heavy atom. The molecule has 1 aromatic heterocycles. The van der Waals surface area contributed by atoms with Gasteiger partial charge in [-0.3, -0.25) is 19.7 Å². The first kappa shape index (κ1) is 22.4. The third kappa shape index (κ3) is 5.44. The van der Waals surface area contributed by atoms with E-state index < -0.39 is 22.8 Å². The van der Waals surface area contributed by atoms with E-state index in [1.807, 2.05) is 35.7 Å². The number of nitrogens with zero attached hydrogens (tertiary/aromatic N) is 2. The Balaban J connectivity index is 1.72. The van der Waals surface area contributed by atoms with Gasteiger partial charge < -0.3 is 10.6 Å². The molecule has 2 amide bonds. The van der Waals surface area contributed by atoms with E-state index in [0.29, 0.717) is 5.13 Å². The fourth-order valence-corrected chi connectivity index (χ4v) is 3.79. The van der Waals surface area contributed by atoms with Crippen LogP contribution in [0.5, 0.6) is 0 Å². The largest absolute Gasteiger partial charge is 0.340 e. The van der Waals surface area contributed by atoms with Crippen LogP contribution >= 0.6 is 22.9 Å². The van der Waals surface area contributed by atoms with E-state index in [4.69, 9.17) is 11.6 Å². The summed E-state index contributed by atoms with van der Waals surface area (Å²) in [6.07, 6.45) is 0. The maximum Gasteiger partial charge on any atom is 0.270 e. The molecule has 3 aromatic rings. The smallest absolute Gasteiger partial charge is 0.270 e. The van der Waals surface area contributed by atoms with Crippen molar-refractivity contribution in [2.45, 2.75) is 19.9 Å². The van der Waals surface area contributed by atoms with Gasteiger partial charge in [0.25, 0.3) is 11.6 Å². The van der Waals surface area contributed by atoms with Crippen molar-refractivity contribution in [3.05, 3.63) is 74.6 Å². The van der Waals surface area contributed by atoms with E-state index >= 15 is 0 Å². The van der Waals surface area contributed by atoms with Gasteiger partial charge in [-0.15, -0.1) is 11.3 Å². The normalized spacial score (nSPS) is 11.7. The van der Waals surface area contributed by atoms with Gasteiger partial charge in [-0.2, -0.15) is 0 Å². The van der Waals surface area contributed by atoms with Crippen LogP contribution in [0.25, 0.3) is 11.3 Å². The maximum atomic E-state index is 12.8. The Hall–Kier alpha value is -3.30. The van der Waals surface area contributed by atoms with Gasteiger partial charge in [-0.25, -0.2) is 4.98 Å². The Morgan fingerprint density at radius 2 is 1.87 bits per heavy atom. The molecule has 0 radical (unpaired) electrons. The van der Waals surface area contributed by atoms with Gasteiger partial charge in [0, 0.05) is 23.1 Å². The number of nitrogens with one attached hydrogen (secondary N) is 2. The van der Waals surface area contributed by atoms with Crippen molar-refractivity contribution >= 4 is 45.6 Å². The van der Waals surface area contributed by atoms with Crippen LogP contribution in [0.15, 0.2) is 53.9 Å². The summed E-state index contributed by atoms with van der Waals surface area (Å²) in [5.41, 5.74) is 1.49. The number of aromatic nitrogens is 1. The lowest BCUT2D eigenvalue weighted by Gasteiger charge is -2.21. The molecule has 0 saturated heterocycles. The van der Waals surface area contributed by atoms with Crippen molar-refractivity contribution in [1.82, 2.24) is 10.3 Å². The maximum absolute atomic E-state index is 12.8. The van der Waals surface area contributed by atoms with Crippen molar-refractivity contribution in [2.24, 2.45) is 5.92 Å². The SMILES string of the molecule is CC(C)C(NC(=O)c1ccc([N+](=O)[O-])cc1Cl)C(=O)Nc1nc(-c2ccccc2)cs1. The number of halogens is 1. The Morgan fingerprint density at radius 1 is 1.16 bits per heavy atom. The average Bonchev–Trinajstić information content (AvgIpc) is 3.20. The number of hydrogen-bond donors (Lipinski definition) is 2. The van der Waals surface area contributed by atoms with Crippen LogP contribution in [-0.2, 0) is 4.79 Å². The van der Waals surface area contributed by atoms with E-state index in [0.717, 1.165) is 17.3 Å². The zero-order valence-electron chi connectivity index (χ0n) is 16.7. The molecule has 0 aliphatic rings. The molecule has 0 aliphatic carbocycles. The molecule has 1 unspecified atom stereocenters. The monoisotopic (exact) mass is 458 g/mol. The number of carbonyl (C=O) groups excluding carboxylic acids is 2. The second kappa shape index (κ2) is 9.67. The summed E-state index contributed by atoms with van der Waals surface area (Å²) in [6.45, 7) is 3.58. The van der Waals surface area contributed by atoms with Crippen LogP contribution in [0.4, 0.5) is 10.8 Å². The first-order chi connectivity index (χ1) is 14.8. The Kier molecular flexibility index (Phi) is 6.98. The number of rotatable bonds is 7. The zero-order valence-corrected chi connectivity index (χ0v) is 18.2. The molecule has 3 rings (SSSR count). The molecule has 0 bridgehead atoms. The number of benzene rings is 2. The van der Waals surface area contributed by atoms with E-state index in [2.05, 4.69) is 15.6 Å². The molecule has 2 N–H and O–H groups in total. The number of amides is 2. The predicted octanol–water partition coefficient (Wildman–Crippen LogP) is 4.76. The first-order valence-electron chi connectivity index (χ1n) is 9.33. The summed E-state index contributed by atoms with van der Waals surface area (Å²) in [7, 11) is 0. The van der Waals surface area contributed by atoms with Crippen molar-refractivity contribution in [2.75, 3.05) is 5.32 Å². The van der Waals surface area contributed by atoms with Crippen molar-refractivity contribution < 1.29 is 14.5 Å². The van der Waals surface area contributed by atoms with E-state index in [9.17, 15) is 19.7 Å². The highest BCUT2D eigenvalue weighted by Gasteiger charge is 2.27. The molecule has 1 atom stereocenters. The van der Waals surface area contributed by atoms with Gasteiger partial charge in [0.2, 0.25) is 5.91 Å². The Bertz CT molecular complexity index is 1120. The number of anilines is 1. The first-order valence-corrected chi connectivity index (χ1v) is 10.6. The van der Waals surface area contributed by atoms with Crippen LogP contribution in [0, 0.1) is 16.0 Å². The summed E-state index contributed by atoms with van der Waals surface area (Å²) in [5, 5.41) is 18.4. The van der Waals surface area contributed by atoms with Crippen molar-refractivity contribution in [3.8, 4) is 11.3 Å². The molecule has 0 spiro atoms. The van der Waals surface area contributed by atoms with Crippen molar-refractivity contribution in [1.29, 1.82) is 0 Å². The average molecular weight is 459 g/mol. The second-order valence-corrected chi connectivity index (χ2v) is 8.27. The highest BCUT2D eigenvalue weighted by atomic mass is 35.5. The standard InChI is InChI=1S/C21H19ClN4O4S/c1-12(2)18(24-19(27)15-9-8-14(26(29)30)10-16(15)22)20(28)25-21-23-17(11-31-21)13-6-4-3-5-7-13/h3-12,18H,1-2H3,(H,24,27)(H,23,25,28). The predicted molar refractivity (Wildman–Crippen MR) is 120 cm³/mol. The quantitative estimate of drug-likeness (QED) is 0.391. The summed E-state index contributed by atoms with van der Waals surface area (Å²) in [6, 6.07) is 12.2. The molecule has 0 saturated carbocycles. The minimum Gasteiger partial charge on any atom is -0.340 e. The molecule has 0 fully saturated rings. The minimum absolute atomic E-state index is 0.0475. The Labute approximate surface area is 187 Å². The third-order valence-corrected chi connectivity index (χ3v) is 5.52. The van der Waals surface area contributed by atoms with Gasteiger partial charge >= 0.3 is 0 Å². The number of nitro groups is 1. The highest BCUT2D eigenvalue weighted by Crippen LogP contribution is 2.25. The fraction of sp³-hybridized carbons (Fsp3) is 0.190. The van der Waals surface area contributed by atoms with E-state index in [1.165, 1.54) is 23.5 Å². The van der Waals surface area contributed by atoms with Crippen LogP contribution in [0.2, 0.25) is 5.02 Å². The number of hydrogen-bond acceptors (Lipinski definition) is 6. The van der Waals surface area contributed by atoms with Gasteiger partial charge in [-0.05, 0) is 12.0 Å².